The van der Waals surface area contributed by atoms with Crippen LogP contribution in [0.2, 0.25) is 0 Å². The molecule has 2 rings (SSSR count). The highest BCUT2D eigenvalue weighted by molar-refractivity contribution is 7.07. The van der Waals surface area contributed by atoms with E-state index in [9.17, 15) is 4.79 Å². The molecular formula is C11H13N3O2S. The Kier molecular flexibility index (Phi) is 3.87. The first-order valence-electron chi connectivity index (χ1n) is 5.36. The Morgan fingerprint density at radius 2 is 2.35 bits per heavy atom. The zero-order valence-corrected chi connectivity index (χ0v) is 10.1. The third-order valence-electron chi connectivity index (χ3n) is 2.39. The lowest BCUT2D eigenvalue weighted by atomic mass is 10.2. The first kappa shape index (κ1) is 11.8. The van der Waals surface area contributed by atoms with Crippen molar-refractivity contribution in [2.45, 2.75) is 25.8 Å². The number of hydrogen-bond donors (Lipinski definition) is 1. The number of aliphatic carboxylic acids is 1. The van der Waals surface area contributed by atoms with Crippen LogP contribution in [0.25, 0.3) is 0 Å². The fourth-order valence-corrected chi connectivity index (χ4v) is 2.18. The summed E-state index contributed by atoms with van der Waals surface area (Å²) in [5.41, 5.74) is 2.02. The van der Waals surface area contributed by atoms with E-state index in [4.69, 9.17) is 5.11 Å². The van der Waals surface area contributed by atoms with Gasteiger partial charge in [0.15, 0.2) is 0 Å². The Hall–Kier alpha value is -1.69. The second-order valence-corrected chi connectivity index (χ2v) is 4.53. The maximum atomic E-state index is 10.4. The van der Waals surface area contributed by atoms with Crippen molar-refractivity contribution in [3.8, 4) is 0 Å². The normalized spacial score (nSPS) is 10.6. The minimum atomic E-state index is -0.808. The maximum Gasteiger partial charge on any atom is 0.303 e. The summed E-state index contributed by atoms with van der Waals surface area (Å²) in [6.45, 7) is 0.775. The van der Waals surface area contributed by atoms with Crippen molar-refractivity contribution in [1.29, 1.82) is 0 Å². The molecule has 6 heteroatoms. The van der Waals surface area contributed by atoms with Gasteiger partial charge in [-0.25, -0.2) is 0 Å². The van der Waals surface area contributed by atoms with Crippen molar-refractivity contribution in [3.63, 3.8) is 0 Å². The molecule has 90 valence electrons. The molecule has 1 N–H and O–H groups in total. The molecule has 5 nitrogen and oxygen atoms in total. The van der Waals surface area contributed by atoms with E-state index in [1.165, 1.54) is 5.56 Å². The molecule has 0 saturated carbocycles. The molecule has 0 aromatic carbocycles. The number of hydrogen-bond acceptors (Lipinski definition) is 4. The van der Waals surface area contributed by atoms with Gasteiger partial charge in [-0.05, 0) is 28.8 Å². The van der Waals surface area contributed by atoms with Gasteiger partial charge in [0, 0.05) is 19.2 Å². The van der Waals surface area contributed by atoms with Gasteiger partial charge in [0.2, 0.25) is 0 Å². The van der Waals surface area contributed by atoms with Crippen molar-refractivity contribution >= 4 is 17.3 Å². The van der Waals surface area contributed by atoms with Gasteiger partial charge in [-0.15, -0.1) is 5.10 Å². The van der Waals surface area contributed by atoms with E-state index in [-0.39, 0.29) is 6.42 Å². The van der Waals surface area contributed by atoms with E-state index in [1.807, 2.05) is 6.20 Å². The Balaban J connectivity index is 1.83. The standard InChI is InChI=1S/C11H13N3O2S/c15-11(16)2-1-10-7-14(13-12-10)5-3-9-4-6-17-8-9/h4,6-8H,1-3,5H2,(H,15,16). The van der Waals surface area contributed by atoms with Crippen LogP contribution >= 0.6 is 11.3 Å². The second kappa shape index (κ2) is 5.58. The van der Waals surface area contributed by atoms with E-state index in [0.717, 1.165) is 18.7 Å². The van der Waals surface area contributed by atoms with Gasteiger partial charge in [0.1, 0.15) is 0 Å². The molecule has 2 aromatic rings. The Bertz CT molecular complexity index is 479. The summed E-state index contributed by atoms with van der Waals surface area (Å²) in [6, 6.07) is 2.09. The van der Waals surface area contributed by atoms with Gasteiger partial charge in [-0.3, -0.25) is 9.48 Å². The van der Waals surface area contributed by atoms with E-state index in [0.29, 0.717) is 6.42 Å². The second-order valence-electron chi connectivity index (χ2n) is 3.75. The topological polar surface area (TPSA) is 68.0 Å². The van der Waals surface area contributed by atoms with Crippen LogP contribution in [0.3, 0.4) is 0 Å². The summed E-state index contributed by atoms with van der Waals surface area (Å²) in [6.07, 6.45) is 3.28. The van der Waals surface area contributed by atoms with Crippen LogP contribution in [0, 0.1) is 0 Å². The van der Waals surface area contributed by atoms with E-state index < -0.39 is 5.97 Å². The lowest BCUT2D eigenvalue weighted by Crippen LogP contribution is -2.01. The van der Waals surface area contributed by atoms with E-state index in [1.54, 1.807) is 16.0 Å². The molecule has 0 radical (unpaired) electrons. The first-order chi connectivity index (χ1) is 8.24. The lowest BCUT2D eigenvalue weighted by Gasteiger charge is -1.97. The van der Waals surface area contributed by atoms with Crippen LogP contribution in [0.5, 0.6) is 0 Å². The van der Waals surface area contributed by atoms with Gasteiger partial charge in [0.05, 0.1) is 12.1 Å². The number of thiophene rings is 1. The molecule has 17 heavy (non-hydrogen) atoms. The van der Waals surface area contributed by atoms with Crippen molar-refractivity contribution in [2.75, 3.05) is 0 Å². The highest BCUT2D eigenvalue weighted by Gasteiger charge is 2.04. The van der Waals surface area contributed by atoms with Crippen molar-refractivity contribution in [2.24, 2.45) is 0 Å². The molecule has 2 aromatic heterocycles. The first-order valence-corrected chi connectivity index (χ1v) is 6.30. The van der Waals surface area contributed by atoms with Crippen molar-refractivity contribution in [1.82, 2.24) is 15.0 Å². The molecule has 2 heterocycles. The maximum absolute atomic E-state index is 10.4. The summed E-state index contributed by atoms with van der Waals surface area (Å²) in [4.78, 5) is 10.4. The highest BCUT2D eigenvalue weighted by Crippen LogP contribution is 2.07. The van der Waals surface area contributed by atoms with Crippen molar-refractivity contribution < 1.29 is 9.90 Å². The van der Waals surface area contributed by atoms with Crippen molar-refractivity contribution in [3.05, 3.63) is 34.3 Å². The number of carboxylic acids is 1. The van der Waals surface area contributed by atoms with Gasteiger partial charge in [-0.1, -0.05) is 5.21 Å². The van der Waals surface area contributed by atoms with E-state index in [2.05, 4.69) is 27.1 Å². The van der Waals surface area contributed by atoms with Crippen LogP contribution in [0.1, 0.15) is 17.7 Å². The molecule has 0 atom stereocenters. The quantitative estimate of drug-likeness (QED) is 0.846. The average Bonchev–Trinajstić information content (AvgIpc) is 2.95. The third kappa shape index (κ3) is 3.67. The van der Waals surface area contributed by atoms with E-state index >= 15 is 0 Å². The fourth-order valence-electron chi connectivity index (χ4n) is 1.48. The fraction of sp³-hybridized carbons (Fsp3) is 0.364. The van der Waals surface area contributed by atoms with Crippen LogP contribution in [0.4, 0.5) is 0 Å². The van der Waals surface area contributed by atoms with Crippen LogP contribution in [-0.2, 0) is 24.2 Å². The third-order valence-corrected chi connectivity index (χ3v) is 3.12. The highest BCUT2D eigenvalue weighted by atomic mass is 32.1. The van der Waals surface area contributed by atoms with Gasteiger partial charge in [0.25, 0.3) is 0 Å². The Labute approximate surface area is 103 Å². The molecule has 0 bridgehead atoms. The molecule has 0 unspecified atom stereocenters. The number of nitrogens with zero attached hydrogens (tertiary/aromatic N) is 3. The van der Waals surface area contributed by atoms with Gasteiger partial charge >= 0.3 is 5.97 Å². The summed E-state index contributed by atoms with van der Waals surface area (Å²) in [7, 11) is 0. The number of carboxylic acid groups (broad SMARTS) is 1. The molecule has 0 aliphatic carbocycles. The molecule has 0 saturated heterocycles. The number of carbonyl (C=O) groups is 1. The molecular weight excluding hydrogens is 238 g/mol. The van der Waals surface area contributed by atoms with Gasteiger partial charge < -0.3 is 5.11 Å². The molecule has 0 aliphatic rings. The summed E-state index contributed by atoms with van der Waals surface area (Å²) < 4.78 is 1.76. The number of rotatable bonds is 6. The van der Waals surface area contributed by atoms with Crippen LogP contribution < -0.4 is 0 Å². The Morgan fingerprint density at radius 3 is 3.06 bits per heavy atom. The smallest absolute Gasteiger partial charge is 0.303 e. The molecule has 0 amide bonds. The summed E-state index contributed by atoms with van der Waals surface area (Å²) in [5.74, 6) is -0.808. The van der Waals surface area contributed by atoms with Gasteiger partial charge in [-0.2, -0.15) is 11.3 Å². The predicted molar refractivity (Wildman–Crippen MR) is 64.0 cm³/mol. The zero-order chi connectivity index (χ0) is 12.1. The largest absolute Gasteiger partial charge is 0.481 e. The minimum Gasteiger partial charge on any atom is -0.481 e. The minimum absolute atomic E-state index is 0.100. The Morgan fingerprint density at radius 1 is 1.47 bits per heavy atom. The molecule has 0 spiro atoms. The monoisotopic (exact) mass is 251 g/mol. The van der Waals surface area contributed by atoms with Crippen LogP contribution in [0.15, 0.2) is 23.0 Å². The number of aromatic nitrogens is 3. The summed E-state index contributed by atoms with van der Waals surface area (Å²) >= 11 is 1.68. The predicted octanol–water partition coefficient (Wildman–Crippen LogP) is 1.60. The SMILES string of the molecule is O=C(O)CCc1cn(CCc2ccsc2)nn1. The van der Waals surface area contributed by atoms with Crippen LogP contribution in [-0.4, -0.2) is 26.1 Å². The number of aryl methyl sites for hydroxylation is 3. The lowest BCUT2D eigenvalue weighted by molar-refractivity contribution is -0.136. The zero-order valence-electron chi connectivity index (χ0n) is 9.24. The molecule has 0 fully saturated rings. The average molecular weight is 251 g/mol. The summed E-state index contributed by atoms with van der Waals surface area (Å²) in [5, 5.41) is 20.6. The molecule has 0 aliphatic heterocycles.